The molecule has 1 aromatic carbocycles. The van der Waals surface area contributed by atoms with Gasteiger partial charge in [-0.15, -0.1) is 0 Å². The predicted octanol–water partition coefficient (Wildman–Crippen LogP) is 2.42. The minimum absolute atomic E-state index is 0.0430. The molecule has 0 aromatic heterocycles. The monoisotopic (exact) mass is 262 g/mol. The van der Waals surface area contributed by atoms with Gasteiger partial charge in [-0.2, -0.15) is 0 Å². The molecule has 0 saturated carbocycles. The zero-order valence-electron chi connectivity index (χ0n) is 12.3. The molecule has 0 unspecified atom stereocenters. The number of rotatable bonds is 7. The van der Waals surface area contributed by atoms with Crippen LogP contribution in [0.4, 0.5) is 0 Å². The Balaban J connectivity index is 2.55. The van der Waals surface area contributed by atoms with Crippen LogP contribution in [0.15, 0.2) is 24.3 Å². The molecule has 0 radical (unpaired) electrons. The van der Waals surface area contributed by atoms with Crippen LogP contribution in [-0.2, 0) is 11.2 Å². The molecule has 0 bridgehead atoms. The molecule has 0 aliphatic carbocycles. The highest BCUT2D eigenvalue weighted by molar-refractivity contribution is 5.78. The molecule has 0 fully saturated rings. The largest absolute Gasteiger partial charge is 0.355 e. The van der Waals surface area contributed by atoms with Crippen LogP contribution >= 0.6 is 0 Å². The first-order chi connectivity index (χ1) is 9.06. The van der Waals surface area contributed by atoms with E-state index >= 15 is 0 Å². The first kappa shape index (κ1) is 15.7. The molecule has 3 heteroatoms. The van der Waals surface area contributed by atoms with E-state index in [-0.39, 0.29) is 11.3 Å². The minimum Gasteiger partial charge on any atom is -0.355 e. The van der Waals surface area contributed by atoms with Gasteiger partial charge in [0.2, 0.25) is 5.91 Å². The maximum absolute atomic E-state index is 12.0. The van der Waals surface area contributed by atoms with Crippen LogP contribution in [0.5, 0.6) is 0 Å². The second-order valence-electron chi connectivity index (χ2n) is 5.29. The van der Waals surface area contributed by atoms with Crippen LogP contribution in [0.3, 0.4) is 0 Å². The van der Waals surface area contributed by atoms with Crippen LogP contribution in [0.2, 0.25) is 0 Å². The SMILES string of the molecule is CCC(CC)(CN)CNC(=O)Cc1ccccc1C. The van der Waals surface area contributed by atoms with E-state index in [1.807, 2.05) is 31.2 Å². The Hall–Kier alpha value is -1.35. The number of benzene rings is 1. The standard InChI is InChI=1S/C16H26N2O/c1-4-16(5-2,11-17)12-18-15(19)10-14-9-7-6-8-13(14)3/h6-9H,4-5,10-12,17H2,1-3H3,(H,18,19). The summed E-state index contributed by atoms with van der Waals surface area (Å²) in [6, 6.07) is 8.00. The fraction of sp³-hybridized carbons (Fsp3) is 0.562. The lowest BCUT2D eigenvalue weighted by Gasteiger charge is -2.30. The highest BCUT2D eigenvalue weighted by Gasteiger charge is 2.24. The van der Waals surface area contributed by atoms with Crippen molar-refractivity contribution >= 4 is 5.91 Å². The van der Waals surface area contributed by atoms with Gasteiger partial charge >= 0.3 is 0 Å². The fourth-order valence-corrected chi connectivity index (χ4v) is 2.19. The third kappa shape index (κ3) is 4.35. The van der Waals surface area contributed by atoms with Crippen molar-refractivity contribution in [2.24, 2.45) is 11.1 Å². The summed E-state index contributed by atoms with van der Waals surface area (Å²) in [5.74, 6) is 0.0778. The Morgan fingerprint density at radius 2 is 1.89 bits per heavy atom. The van der Waals surface area contributed by atoms with Crippen molar-refractivity contribution in [3.05, 3.63) is 35.4 Å². The van der Waals surface area contributed by atoms with Crippen molar-refractivity contribution in [1.82, 2.24) is 5.32 Å². The van der Waals surface area contributed by atoms with E-state index in [0.717, 1.165) is 24.0 Å². The van der Waals surface area contributed by atoms with E-state index in [1.54, 1.807) is 0 Å². The Labute approximate surface area is 116 Å². The zero-order valence-corrected chi connectivity index (χ0v) is 12.3. The molecule has 19 heavy (non-hydrogen) atoms. The van der Waals surface area contributed by atoms with Gasteiger partial charge in [0.25, 0.3) is 0 Å². The molecule has 0 aliphatic rings. The zero-order chi connectivity index (χ0) is 14.3. The van der Waals surface area contributed by atoms with Crippen molar-refractivity contribution in [2.75, 3.05) is 13.1 Å². The van der Waals surface area contributed by atoms with Gasteiger partial charge in [0.1, 0.15) is 0 Å². The Morgan fingerprint density at radius 3 is 2.42 bits per heavy atom. The molecule has 106 valence electrons. The lowest BCUT2D eigenvalue weighted by Crippen LogP contribution is -2.42. The molecule has 1 rings (SSSR count). The lowest BCUT2D eigenvalue weighted by atomic mass is 9.82. The van der Waals surface area contributed by atoms with E-state index in [2.05, 4.69) is 19.2 Å². The number of nitrogens with two attached hydrogens (primary N) is 1. The van der Waals surface area contributed by atoms with Gasteiger partial charge in [-0.1, -0.05) is 38.1 Å². The van der Waals surface area contributed by atoms with Gasteiger partial charge in [0.15, 0.2) is 0 Å². The molecule has 1 aromatic rings. The summed E-state index contributed by atoms with van der Waals surface area (Å²) in [5.41, 5.74) is 8.13. The van der Waals surface area contributed by atoms with Crippen molar-refractivity contribution in [3.8, 4) is 0 Å². The maximum Gasteiger partial charge on any atom is 0.224 e. The summed E-state index contributed by atoms with van der Waals surface area (Å²) in [6.45, 7) is 7.57. The molecule has 0 atom stereocenters. The number of hydrogen-bond acceptors (Lipinski definition) is 2. The van der Waals surface area contributed by atoms with Gasteiger partial charge in [0, 0.05) is 6.54 Å². The number of carbonyl (C=O) groups excluding carboxylic acids is 1. The van der Waals surface area contributed by atoms with Crippen LogP contribution in [0.1, 0.15) is 37.8 Å². The second kappa shape index (κ2) is 7.29. The topological polar surface area (TPSA) is 55.1 Å². The highest BCUT2D eigenvalue weighted by atomic mass is 16.1. The first-order valence-electron chi connectivity index (χ1n) is 7.08. The van der Waals surface area contributed by atoms with Gasteiger partial charge in [-0.25, -0.2) is 0 Å². The smallest absolute Gasteiger partial charge is 0.224 e. The second-order valence-corrected chi connectivity index (χ2v) is 5.29. The third-order valence-electron chi connectivity index (χ3n) is 4.21. The van der Waals surface area contributed by atoms with Gasteiger partial charge in [0.05, 0.1) is 6.42 Å². The van der Waals surface area contributed by atoms with E-state index in [0.29, 0.717) is 19.5 Å². The first-order valence-corrected chi connectivity index (χ1v) is 7.08. The predicted molar refractivity (Wildman–Crippen MR) is 80.0 cm³/mol. The van der Waals surface area contributed by atoms with Crippen molar-refractivity contribution in [3.63, 3.8) is 0 Å². The number of carbonyl (C=O) groups is 1. The molecule has 0 saturated heterocycles. The maximum atomic E-state index is 12.0. The Morgan fingerprint density at radius 1 is 1.26 bits per heavy atom. The molecule has 3 N–H and O–H groups in total. The van der Waals surface area contributed by atoms with E-state index < -0.39 is 0 Å². The van der Waals surface area contributed by atoms with E-state index in [9.17, 15) is 4.79 Å². The van der Waals surface area contributed by atoms with Gasteiger partial charge in [-0.3, -0.25) is 4.79 Å². The number of amides is 1. The summed E-state index contributed by atoms with van der Waals surface area (Å²) in [4.78, 5) is 12.0. The van der Waals surface area contributed by atoms with Crippen molar-refractivity contribution in [2.45, 2.75) is 40.0 Å². The number of hydrogen-bond donors (Lipinski definition) is 2. The van der Waals surface area contributed by atoms with E-state index in [1.165, 1.54) is 0 Å². The normalized spacial score (nSPS) is 11.4. The van der Waals surface area contributed by atoms with Crippen LogP contribution in [0, 0.1) is 12.3 Å². The molecular weight excluding hydrogens is 236 g/mol. The lowest BCUT2D eigenvalue weighted by molar-refractivity contribution is -0.121. The third-order valence-corrected chi connectivity index (χ3v) is 4.21. The van der Waals surface area contributed by atoms with E-state index in [4.69, 9.17) is 5.73 Å². The molecule has 0 heterocycles. The highest BCUT2D eigenvalue weighted by Crippen LogP contribution is 2.23. The summed E-state index contributed by atoms with van der Waals surface area (Å²) in [7, 11) is 0. The van der Waals surface area contributed by atoms with Crippen LogP contribution in [-0.4, -0.2) is 19.0 Å². The van der Waals surface area contributed by atoms with Crippen molar-refractivity contribution < 1.29 is 4.79 Å². The number of nitrogens with one attached hydrogen (secondary N) is 1. The molecular formula is C16H26N2O. The van der Waals surface area contributed by atoms with Crippen LogP contribution in [0.25, 0.3) is 0 Å². The van der Waals surface area contributed by atoms with Gasteiger partial charge < -0.3 is 11.1 Å². The summed E-state index contributed by atoms with van der Waals surface area (Å²) in [6.07, 6.45) is 2.43. The molecule has 0 spiro atoms. The fourth-order valence-electron chi connectivity index (χ4n) is 2.19. The molecule has 3 nitrogen and oxygen atoms in total. The summed E-state index contributed by atoms with van der Waals surface area (Å²) < 4.78 is 0. The Bertz CT molecular complexity index is 403. The average Bonchev–Trinajstić information content (AvgIpc) is 2.44. The summed E-state index contributed by atoms with van der Waals surface area (Å²) >= 11 is 0. The summed E-state index contributed by atoms with van der Waals surface area (Å²) in [5, 5.41) is 3.03. The van der Waals surface area contributed by atoms with Crippen LogP contribution < -0.4 is 11.1 Å². The quantitative estimate of drug-likeness (QED) is 0.793. The minimum atomic E-state index is 0.0430. The van der Waals surface area contributed by atoms with Crippen molar-refractivity contribution in [1.29, 1.82) is 0 Å². The Kier molecular flexibility index (Phi) is 6.03. The van der Waals surface area contributed by atoms with Gasteiger partial charge in [-0.05, 0) is 42.9 Å². The molecule has 1 amide bonds. The number of aryl methyl sites for hydroxylation is 1. The average molecular weight is 262 g/mol. The molecule has 0 aliphatic heterocycles.